The minimum absolute atomic E-state index is 0.189. The van der Waals surface area contributed by atoms with Crippen LogP contribution in [-0.4, -0.2) is 19.1 Å². The van der Waals surface area contributed by atoms with E-state index in [1.807, 2.05) is 0 Å². The average molecular weight is 496 g/mol. The smallest absolute Gasteiger partial charge is 0.419 e. The zero-order chi connectivity index (χ0) is 23.5. The zero-order valence-electron chi connectivity index (χ0n) is 17.4. The van der Waals surface area contributed by atoms with Gasteiger partial charge in [0.15, 0.2) is 28.2 Å². The highest BCUT2D eigenvalue weighted by Crippen LogP contribution is 2.53. The minimum Gasteiger partial charge on any atom is -0.451 e. The van der Waals surface area contributed by atoms with Crippen molar-refractivity contribution in [1.82, 2.24) is 19.1 Å². The quantitative estimate of drug-likeness (QED) is 0.297. The first kappa shape index (κ1) is 19.4. The average Bonchev–Trinajstić information content (AvgIpc) is 3.26. The summed E-state index contributed by atoms with van der Waals surface area (Å²) in [6.07, 6.45) is 0. The molecule has 0 saturated carbocycles. The van der Waals surface area contributed by atoms with Crippen molar-refractivity contribution in [2.45, 2.75) is 0 Å². The summed E-state index contributed by atoms with van der Waals surface area (Å²) in [7, 11) is 3.24. The normalized spacial score (nSPS) is 12.8. The van der Waals surface area contributed by atoms with Crippen molar-refractivity contribution >= 4 is 78.9 Å². The second-order valence-corrected chi connectivity index (χ2v) is 8.71. The van der Waals surface area contributed by atoms with Gasteiger partial charge in [0.05, 0.1) is 22.2 Å². The molecule has 7 rings (SSSR count). The maximum absolute atomic E-state index is 12.0. The van der Waals surface area contributed by atoms with Crippen LogP contribution in [-0.2, 0) is 14.1 Å². The van der Waals surface area contributed by atoms with Crippen molar-refractivity contribution in [2.75, 3.05) is 5.32 Å². The van der Waals surface area contributed by atoms with Crippen LogP contribution in [0.3, 0.4) is 0 Å². The highest BCUT2D eigenvalue weighted by Gasteiger charge is 2.28. The largest absolute Gasteiger partial charge is 0.451 e. The van der Waals surface area contributed by atoms with Gasteiger partial charge in [-0.05, 0) is 6.07 Å². The molecule has 0 radical (unpaired) electrons. The summed E-state index contributed by atoms with van der Waals surface area (Å²) in [6, 6.07) is 6.67. The summed E-state index contributed by atoms with van der Waals surface area (Å²) < 4.78 is 20.2. The van der Waals surface area contributed by atoms with Gasteiger partial charge in [0.25, 0.3) is 0 Å². The SMILES string of the molecule is Cn1c(=O)nc2cc3oc4c(Cl)c5c(c(Cl)c4nc3cc21)Oc1cc2c(cc1N5)oc(=O)n2C. The summed E-state index contributed by atoms with van der Waals surface area (Å²) in [4.78, 5) is 32.5. The van der Waals surface area contributed by atoms with Gasteiger partial charge in [0.2, 0.25) is 0 Å². The van der Waals surface area contributed by atoms with Crippen LogP contribution >= 0.6 is 23.2 Å². The molecule has 1 aliphatic heterocycles. The van der Waals surface area contributed by atoms with Crippen molar-refractivity contribution in [1.29, 1.82) is 0 Å². The lowest BCUT2D eigenvalue weighted by molar-refractivity contribution is 0.482. The number of ether oxygens (including phenoxy) is 1. The topological polar surface area (TPSA) is 117 Å². The van der Waals surface area contributed by atoms with Crippen molar-refractivity contribution < 1.29 is 13.6 Å². The molecule has 0 bridgehead atoms. The van der Waals surface area contributed by atoms with Crippen LogP contribution in [0.15, 0.2) is 42.7 Å². The Labute approximate surface area is 197 Å². The molecule has 0 saturated heterocycles. The number of oxazole rings is 1. The third-order valence-corrected chi connectivity index (χ3v) is 6.71. The number of aryl methyl sites for hydroxylation is 2. The number of benzene rings is 3. The molecule has 34 heavy (non-hydrogen) atoms. The van der Waals surface area contributed by atoms with Gasteiger partial charge in [-0.3, -0.25) is 9.13 Å². The number of hydrogen-bond acceptors (Lipinski definition) is 8. The number of nitrogens with zero attached hydrogens (tertiary/aromatic N) is 4. The summed E-state index contributed by atoms with van der Waals surface area (Å²) in [5.74, 6) is 0.216. The zero-order valence-corrected chi connectivity index (χ0v) is 18.9. The predicted molar refractivity (Wildman–Crippen MR) is 127 cm³/mol. The van der Waals surface area contributed by atoms with Crippen LogP contribution in [0.4, 0.5) is 11.4 Å². The summed E-state index contributed by atoms with van der Waals surface area (Å²) in [6.45, 7) is 0. The van der Waals surface area contributed by atoms with Crippen LogP contribution in [0.5, 0.6) is 11.5 Å². The molecule has 0 amide bonds. The fraction of sp³-hybridized carbons (Fsp3) is 0.0909. The molecule has 0 unspecified atom stereocenters. The number of nitrogens with one attached hydrogen (secondary N) is 1. The van der Waals surface area contributed by atoms with Crippen LogP contribution in [0.25, 0.3) is 44.3 Å². The van der Waals surface area contributed by atoms with Gasteiger partial charge in [-0.15, -0.1) is 0 Å². The summed E-state index contributed by atoms with van der Waals surface area (Å²) in [5, 5.41) is 3.59. The van der Waals surface area contributed by atoms with Crippen molar-refractivity contribution in [3.63, 3.8) is 0 Å². The predicted octanol–water partition coefficient (Wildman–Crippen LogP) is 4.83. The molecule has 6 aromatic rings. The van der Waals surface area contributed by atoms with E-state index < -0.39 is 5.76 Å². The first-order valence-corrected chi connectivity index (χ1v) is 10.8. The number of aromatic nitrogens is 4. The molecule has 0 aliphatic carbocycles. The van der Waals surface area contributed by atoms with Gasteiger partial charge in [-0.25, -0.2) is 14.6 Å². The molecule has 3 aromatic heterocycles. The second-order valence-electron chi connectivity index (χ2n) is 7.96. The number of hydrogen-bond donors (Lipinski definition) is 1. The number of rotatable bonds is 0. The number of anilines is 2. The summed E-state index contributed by atoms with van der Waals surface area (Å²) >= 11 is 13.4. The molecular formula is C22H11Cl2N5O5. The maximum Gasteiger partial charge on any atom is 0.419 e. The number of halogens is 2. The Morgan fingerprint density at radius 1 is 0.882 bits per heavy atom. The van der Waals surface area contributed by atoms with E-state index in [9.17, 15) is 9.59 Å². The Bertz CT molecular complexity index is 2020. The van der Waals surface area contributed by atoms with Crippen LogP contribution in [0.1, 0.15) is 0 Å². The van der Waals surface area contributed by atoms with Gasteiger partial charge >= 0.3 is 11.4 Å². The van der Waals surface area contributed by atoms with Gasteiger partial charge in [0, 0.05) is 32.3 Å². The Morgan fingerprint density at radius 3 is 2.53 bits per heavy atom. The summed E-state index contributed by atoms with van der Waals surface area (Å²) in [5.41, 5.74) is 3.99. The Kier molecular flexibility index (Phi) is 3.61. The van der Waals surface area contributed by atoms with E-state index in [4.69, 9.17) is 36.8 Å². The molecule has 0 fully saturated rings. The van der Waals surface area contributed by atoms with Gasteiger partial charge in [-0.1, -0.05) is 23.2 Å². The van der Waals surface area contributed by atoms with Crippen molar-refractivity contribution in [3.8, 4) is 11.5 Å². The fourth-order valence-electron chi connectivity index (χ4n) is 4.20. The van der Waals surface area contributed by atoms with Gasteiger partial charge in [0.1, 0.15) is 26.8 Å². The molecule has 1 aliphatic rings. The highest BCUT2D eigenvalue weighted by atomic mass is 35.5. The van der Waals surface area contributed by atoms with Gasteiger partial charge in [-0.2, -0.15) is 4.98 Å². The molecular weight excluding hydrogens is 485 g/mol. The molecule has 0 spiro atoms. The van der Waals surface area contributed by atoms with E-state index in [0.717, 1.165) is 0 Å². The highest BCUT2D eigenvalue weighted by molar-refractivity contribution is 6.43. The van der Waals surface area contributed by atoms with E-state index in [1.165, 1.54) is 9.13 Å². The van der Waals surface area contributed by atoms with Gasteiger partial charge < -0.3 is 18.9 Å². The molecule has 1 N–H and O–H groups in total. The minimum atomic E-state index is -0.489. The maximum atomic E-state index is 12.0. The second kappa shape index (κ2) is 6.31. The molecule has 12 heteroatoms. The van der Waals surface area contributed by atoms with E-state index in [0.29, 0.717) is 55.9 Å². The molecule has 10 nitrogen and oxygen atoms in total. The third kappa shape index (κ3) is 2.41. The molecule has 3 aromatic carbocycles. The van der Waals surface area contributed by atoms with Crippen LogP contribution in [0, 0.1) is 0 Å². The van der Waals surface area contributed by atoms with Crippen molar-refractivity contribution in [3.05, 3.63) is 55.3 Å². The molecule has 4 heterocycles. The lowest BCUT2D eigenvalue weighted by Crippen LogP contribution is -2.11. The van der Waals surface area contributed by atoms with Crippen molar-refractivity contribution in [2.24, 2.45) is 14.1 Å². The Hall–Kier alpha value is -4.02. The monoisotopic (exact) mass is 495 g/mol. The number of fused-ring (bicyclic) bond motifs is 6. The third-order valence-electron chi connectivity index (χ3n) is 6.00. The van der Waals surface area contributed by atoms with E-state index in [-0.39, 0.29) is 27.1 Å². The first-order valence-electron chi connectivity index (χ1n) is 10.0. The molecule has 168 valence electrons. The lowest BCUT2D eigenvalue weighted by Gasteiger charge is -2.24. The number of imidazole rings is 1. The van der Waals surface area contributed by atoms with E-state index in [1.54, 1.807) is 38.4 Å². The first-order chi connectivity index (χ1) is 16.3. The standard InChI is InChI=1S/C22H11Cl2N5O5/c1-28-10-3-8-12(4-7(10)27-21(28)30)32-19-16(24)18-20(15(23)17(19)25-8)33-13-6-11-14(5-9(13)26-18)34-22(31)29(11)2/h3-6,26H,1-2H3. The van der Waals surface area contributed by atoms with Crippen LogP contribution in [0.2, 0.25) is 10.0 Å². The Morgan fingerprint density at radius 2 is 1.71 bits per heavy atom. The van der Waals surface area contributed by atoms with Crippen LogP contribution < -0.4 is 21.5 Å². The fourth-order valence-corrected chi connectivity index (χ4v) is 4.72. The lowest BCUT2D eigenvalue weighted by atomic mass is 10.1. The molecule has 0 atom stereocenters. The van der Waals surface area contributed by atoms with E-state index in [2.05, 4.69) is 15.3 Å². The van der Waals surface area contributed by atoms with E-state index >= 15 is 0 Å². The Balaban J connectivity index is 1.50.